The van der Waals surface area contributed by atoms with E-state index in [1.807, 2.05) is 0 Å². The van der Waals surface area contributed by atoms with Crippen molar-refractivity contribution in [3.8, 4) is 0 Å². The molecule has 0 aromatic carbocycles. The van der Waals surface area contributed by atoms with Crippen LogP contribution in [0.2, 0.25) is 0 Å². The second-order valence-corrected chi connectivity index (χ2v) is 8.47. The maximum atomic E-state index is 11.6. The van der Waals surface area contributed by atoms with E-state index in [0.717, 1.165) is 0 Å². The van der Waals surface area contributed by atoms with Crippen LogP contribution in [0.15, 0.2) is 0 Å². The van der Waals surface area contributed by atoms with Gasteiger partial charge in [-0.25, -0.2) is 0 Å². The Balaban J connectivity index is 4.40. The molecular weight excluding hydrogens is 392 g/mol. The Kier molecular flexibility index (Phi) is 3.52. The molecule has 0 fully saturated rings. The molecule has 0 bridgehead atoms. The molecule has 0 atom stereocenters. The first-order valence-electron chi connectivity index (χ1n) is 1.67. The van der Waals surface area contributed by atoms with Crippen LogP contribution in [0.5, 0.6) is 0 Å². The Morgan fingerprint density at radius 1 is 1.00 bits per heavy atom. The van der Waals surface area contributed by atoms with Crippen molar-refractivity contribution in [1.82, 2.24) is 0 Å². The third-order valence-electron chi connectivity index (χ3n) is 0.501. The summed E-state index contributed by atoms with van der Waals surface area (Å²) >= 11 is -4.12. The van der Waals surface area contributed by atoms with Gasteiger partial charge in [0.25, 0.3) is 0 Å². The molecule has 0 spiro atoms. The monoisotopic (exact) mass is 392 g/mol. The summed E-state index contributed by atoms with van der Waals surface area (Å²) in [6, 6.07) is 0. The predicted octanol–water partition coefficient (Wildman–Crippen LogP) is 3.88. The van der Waals surface area contributed by atoms with Crippen molar-refractivity contribution < 1.29 is 24.8 Å². The molecule has 0 nitrogen and oxygen atoms in total. The van der Waals surface area contributed by atoms with Crippen molar-refractivity contribution in [3.63, 3.8) is 0 Å². The second-order valence-electron chi connectivity index (χ2n) is 1.19. The second kappa shape index (κ2) is 3.19. The third-order valence-corrected chi connectivity index (χ3v) is 5.57. The summed E-state index contributed by atoms with van der Waals surface area (Å²) in [5, 5.41) is 0. The molecule has 0 N–H and O–H groups in total. The van der Waals surface area contributed by atoms with E-state index >= 15 is 0 Å². The molecule has 64 valence electrons. The van der Waals surface area contributed by atoms with Crippen LogP contribution in [0.4, 0.5) is 24.8 Å². The van der Waals surface area contributed by atoms with E-state index in [9.17, 15) is 24.8 Å². The fraction of sp³-hybridized carbons (Fsp3) is 1.00. The van der Waals surface area contributed by atoms with Gasteiger partial charge in [-0.05, 0) is 0 Å². The van der Waals surface area contributed by atoms with Crippen LogP contribution in [-0.4, -0.2) is 10.1 Å². The summed E-state index contributed by atoms with van der Waals surface area (Å²) in [5.74, 6) is 0. The van der Waals surface area contributed by atoms with Gasteiger partial charge in [0.05, 0.1) is 0 Å². The average Bonchev–Trinajstić information content (AvgIpc) is 1.62. The van der Waals surface area contributed by atoms with Gasteiger partial charge in [-0.15, -0.1) is 0 Å². The minimum atomic E-state index is -5.73. The van der Waals surface area contributed by atoms with E-state index in [1.54, 1.807) is 0 Å². The summed E-state index contributed by atoms with van der Waals surface area (Å²) in [5.41, 5.74) is 0. The Hall–Kier alpha value is 1.04. The molecule has 0 radical (unpaired) electrons. The van der Waals surface area contributed by atoms with Gasteiger partial charge in [0.15, 0.2) is 0 Å². The molecule has 8 heteroatoms. The number of rotatable bonds is 1. The van der Waals surface area contributed by atoms with E-state index in [2.05, 4.69) is 0 Å². The first kappa shape index (κ1) is 11.0. The number of alkyl halides is 6. The first-order chi connectivity index (χ1) is 4.19. The Morgan fingerprint density at radius 2 is 1.30 bits per heavy atom. The van der Waals surface area contributed by atoms with Crippen molar-refractivity contribution in [3.05, 3.63) is 0 Å². The van der Waals surface area contributed by atoms with Crippen LogP contribution >= 0.6 is 35.0 Å². The number of halogens is 8. The van der Waals surface area contributed by atoms with E-state index < -0.39 is 26.5 Å². The van der Waals surface area contributed by atoms with Crippen molar-refractivity contribution in [2.45, 2.75) is 10.1 Å². The summed E-state index contributed by atoms with van der Waals surface area (Å²) < 4.78 is 63.2. The van der Waals surface area contributed by atoms with Crippen LogP contribution in [0.3, 0.4) is 0 Å². The van der Waals surface area contributed by atoms with Crippen molar-refractivity contribution >= 4 is 35.0 Å². The molecule has 0 heterocycles. The van der Waals surface area contributed by atoms with Crippen molar-refractivity contribution in [2.75, 3.05) is 0 Å². The molecule has 10 heavy (non-hydrogen) atoms. The first-order valence-corrected chi connectivity index (χ1v) is 9.85. The Labute approximate surface area is 69.7 Å². The van der Waals surface area contributed by atoms with Crippen molar-refractivity contribution in [1.29, 1.82) is 0 Å². The fourth-order valence-corrected chi connectivity index (χ4v) is 2.09. The van der Waals surface area contributed by atoms with Gasteiger partial charge < -0.3 is 0 Å². The predicted molar refractivity (Wildman–Crippen MR) is 40.1 cm³/mol. The van der Waals surface area contributed by atoms with E-state index in [1.165, 1.54) is 0 Å². The van der Waals surface area contributed by atoms with Crippen LogP contribution < -0.4 is 0 Å². The van der Waals surface area contributed by atoms with Gasteiger partial charge in [-0.2, -0.15) is 0 Å². The SMILES string of the molecule is FI(I)C(F)(F)C(F)(F)F. The molecule has 0 unspecified atom stereocenters. The molecule has 0 aliphatic heterocycles. The molecule has 0 amide bonds. The minimum absolute atomic E-state index is 0.530. The summed E-state index contributed by atoms with van der Waals surface area (Å²) in [6.07, 6.45) is -5.73. The molecule has 0 saturated carbocycles. The van der Waals surface area contributed by atoms with Crippen LogP contribution in [0.1, 0.15) is 0 Å². The van der Waals surface area contributed by atoms with Gasteiger partial charge in [0, 0.05) is 0 Å². The number of hydrogen-bond acceptors (Lipinski definition) is 0. The van der Waals surface area contributed by atoms with Gasteiger partial charge in [-0.1, -0.05) is 0 Å². The fourth-order valence-electron chi connectivity index (χ4n) is 0.0810. The van der Waals surface area contributed by atoms with Gasteiger partial charge in [0.2, 0.25) is 0 Å². The van der Waals surface area contributed by atoms with Crippen LogP contribution in [0.25, 0.3) is 0 Å². The summed E-state index contributed by atoms with van der Waals surface area (Å²) in [6.45, 7) is 0. The zero-order valence-corrected chi connectivity index (χ0v) is 8.34. The average molecular weight is 392 g/mol. The van der Waals surface area contributed by atoms with Crippen LogP contribution in [-0.2, 0) is 0 Å². The molecule has 0 aliphatic carbocycles. The van der Waals surface area contributed by atoms with E-state index in [4.69, 9.17) is 0 Å². The molecule has 0 saturated heterocycles. The zero-order chi connectivity index (χ0) is 8.58. The topological polar surface area (TPSA) is 0 Å². The quantitative estimate of drug-likeness (QED) is 0.361. The molecule has 0 aromatic heterocycles. The standard InChI is InChI=1S/C2F6I2/c3-1(4,5)2(6,7)10(8)9. The zero-order valence-electron chi connectivity index (χ0n) is 4.02. The normalized spacial score (nSPS) is 15.3. The molecule has 0 aromatic rings. The Bertz CT molecular complexity index is 115. The molecule has 0 rings (SSSR count). The van der Waals surface area contributed by atoms with Gasteiger partial charge >= 0.3 is 70.0 Å². The van der Waals surface area contributed by atoms with Gasteiger partial charge in [-0.3, -0.25) is 0 Å². The van der Waals surface area contributed by atoms with Crippen molar-refractivity contribution in [2.24, 2.45) is 0 Å². The summed E-state index contributed by atoms with van der Waals surface area (Å²) in [4.78, 5) is 0. The third kappa shape index (κ3) is 2.27. The van der Waals surface area contributed by atoms with E-state index in [-0.39, 0.29) is 0 Å². The maximum absolute atomic E-state index is 11.6. The van der Waals surface area contributed by atoms with Gasteiger partial charge in [0.1, 0.15) is 0 Å². The Morgan fingerprint density at radius 3 is 1.30 bits per heavy atom. The van der Waals surface area contributed by atoms with Crippen LogP contribution in [0, 0.1) is 0 Å². The number of hydrogen-bond donors (Lipinski definition) is 0. The molecule has 0 aliphatic rings. The van der Waals surface area contributed by atoms with E-state index in [0.29, 0.717) is 18.6 Å². The molecular formula is C2F6I2. The summed E-state index contributed by atoms with van der Waals surface area (Å²) in [7, 11) is 0.